The van der Waals surface area contributed by atoms with Crippen LogP contribution in [0.15, 0.2) is 18.2 Å². The predicted octanol–water partition coefficient (Wildman–Crippen LogP) is 2.30. The van der Waals surface area contributed by atoms with Crippen molar-refractivity contribution in [3.05, 3.63) is 29.3 Å². The lowest BCUT2D eigenvalue weighted by atomic mass is 10.1. The van der Waals surface area contributed by atoms with Crippen LogP contribution in [0, 0.1) is 6.92 Å². The third-order valence-electron chi connectivity index (χ3n) is 2.22. The largest absolute Gasteiger partial charge is 0.416 e. The number of alkyl halides is 3. The summed E-state index contributed by atoms with van der Waals surface area (Å²) in [6, 6.07) is 2.84. The minimum atomic E-state index is -4.43. The topological polar surface area (TPSA) is 55.1 Å². The minimum Gasteiger partial charge on any atom is -0.325 e. The van der Waals surface area contributed by atoms with Crippen LogP contribution in [0.4, 0.5) is 18.9 Å². The summed E-state index contributed by atoms with van der Waals surface area (Å²) in [4.78, 5) is 11.2. The fourth-order valence-corrected chi connectivity index (χ4v) is 1.26. The van der Waals surface area contributed by atoms with Gasteiger partial charge in [0.1, 0.15) is 0 Å². The lowest BCUT2D eigenvalue weighted by molar-refractivity contribution is -0.138. The fourth-order valence-electron chi connectivity index (χ4n) is 1.26. The molecule has 1 aromatic carbocycles. The molecule has 0 aliphatic rings. The molecule has 0 saturated carbocycles. The average molecular weight is 246 g/mol. The van der Waals surface area contributed by atoms with Crippen molar-refractivity contribution in [1.29, 1.82) is 0 Å². The van der Waals surface area contributed by atoms with Crippen LogP contribution >= 0.6 is 0 Å². The van der Waals surface area contributed by atoms with Gasteiger partial charge >= 0.3 is 6.18 Å². The summed E-state index contributed by atoms with van der Waals surface area (Å²) in [6.07, 6.45) is -4.43. The molecule has 0 aliphatic heterocycles. The highest BCUT2D eigenvalue weighted by Crippen LogP contribution is 2.33. The molecule has 0 spiro atoms. The molecule has 0 radical (unpaired) electrons. The SMILES string of the molecule is Cc1ccc(NC(=O)[C@@H](C)N)cc1C(F)(F)F. The zero-order chi connectivity index (χ0) is 13.2. The Hall–Kier alpha value is -1.56. The molecule has 1 amide bonds. The van der Waals surface area contributed by atoms with Crippen LogP contribution in [0.1, 0.15) is 18.1 Å². The monoisotopic (exact) mass is 246 g/mol. The number of halogens is 3. The first-order chi connectivity index (χ1) is 7.71. The maximum atomic E-state index is 12.6. The summed E-state index contributed by atoms with van der Waals surface area (Å²) in [7, 11) is 0. The Morgan fingerprint density at radius 3 is 2.47 bits per heavy atom. The molecule has 3 nitrogen and oxygen atoms in total. The van der Waals surface area contributed by atoms with Crippen LogP contribution in [0.2, 0.25) is 0 Å². The molecule has 0 unspecified atom stereocenters. The molecule has 0 aromatic heterocycles. The van der Waals surface area contributed by atoms with E-state index in [1.807, 2.05) is 0 Å². The van der Waals surface area contributed by atoms with Crippen molar-refractivity contribution in [2.75, 3.05) is 5.32 Å². The second-order valence-electron chi connectivity index (χ2n) is 3.81. The predicted molar refractivity (Wildman–Crippen MR) is 58.5 cm³/mol. The van der Waals surface area contributed by atoms with Gasteiger partial charge in [0.2, 0.25) is 5.91 Å². The molecule has 1 atom stereocenters. The van der Waals surface area contributed by atoms with Crippen molar-refractivity contribution in [2.45, 2.75) is 26.1 Å². The number of nitrogens with two attached hydrogens (primary N) is 1. The number of hydrogen-bond acceptors (Lipinski definition) is 2. The van der Waals surface area contributed by atoms with E-state index in [4.69, 9.17) is 5.73 Å². The van der Waals surface area contributed by atoms with Gasteiger partial charge in [-0.25, -0.2) is 0 Å². The van der Waals surface area contributed by atoms with Gasteiger partial charge in [0, 0.05) is 5.69 Å². The van der Waals surface area contributed by atoms with Gasteiger partial charge in [-0.15, -0.1) is 0 Å². The van der Waals surface area contributed by atoms with E-state index in [9.17, 15) is 18.0 Å². The third-order valence-corrected chi connectivity index (χ3v) is 2.22. The van der Waals surface area contributed by atoms with E-state index in [1.165, 1.54) is 26.0 Å². The summed E-state index contributed by atoms with van der Waals surface area (Å²) >= 11 is 0. The number of benzene rings is 1. The number of hydrogen-bond donors (Lipinski definition) is 2. The van der Waals surface area contributed by atoms with Crippen molar-refractivity contribution in [1.82, 2.24) is 0 Å². The number of rotatable bonds is 2. The third kappa shape index (κ3) is 3.45. The molecule has 0 heterocycles. The number of amides is 1. The number of aryl methyl sites for hydroxylation is 1. The number of carbonyl (C=O) groups excluding carboxylic acids is 1. The van der Waals surface area contributed by atoms with Crippen LogP contribution in [0.3, 0.4) is 0 Å². The molecule has 0 aliphatic carbocycles. The molecule has 0 bridgehead atoms. The second kappa shape index (κ2) is 4.75. The Bertz CT molecular complexity index is 427. The summed E-state index contributed by atoms with van der Waals surface area (Å²) < 4.78 is 37.8. The molecule has 1 rings (SSSR count). The van der Waals surface area contributed by atoms with Gasteiger partial charge < -0.3 is 11.1 Å². The van der Waals surface area contributed by atoms with E-state index in [0.29, 0.717) is 0 Å². The van der Waals surface area contributed by atoms with E-state index in [2.05, 4.69) is 5.32 Å². The molecule has 1 aromatic rings. The summed E-state index contributed by atoms with van der Waals surface area (Å²) in [5, 5.41) is 2.32. The Morgan fingerprint density at radius 2 is 2.00 bits per heavy atom. The van der Waals surface area contributed by atoms with Gasteiger partial charge in [-0.3, -0.25) is 4.79 Å². The Labute approximate surface area is 96.8 Å². The standard InChI is InChI=1S/C11H13F3N2O/c1-6-3-4-8(16-10(17)7(2)15)5-9(6)11(12,13)14/h3-5,7H,15H2,1-2H3,(H,16,17)/t7-/m1/s1. The Balaban J connectivity index is 3.01. The van der Waals surface area contributed by atoms with Crippen LogP contribution in [-0.2, 0) is 11.0 Å². The first-order valence-electron chi connectivity index (χ1n) is 4.96. The highest BCUT2D eigenvalue weighted by atomic mass is 19.4. The summed E-state index contributed by atoms with van der Waals surface area (Å²) in [5.41, 5.74) is 4.74. The van der Waals surface area contributed by atoms with Crippen molar-refractivity contribution >= 4 is 11.6 Å². The summed E-state index contributed by atoms with van der Waals surface area (Å²) in [6.45, 7) is 2.81. The first-order valence-corrected chi connectivity index (χ1v) is 4.96. The smallest absolute Gasteiger partial charge is 0.325 e. The molecule has 0 saturated heterocycles. The number of carbonyl (C=O) groups is 1. The van der Waals surface area contributed by atoms with Gasteiger partial charge in [-0.05, 0) is 31.5 Å². The normalized spacial score (nSPS) is 13.3. The molecular formula is C11H13F3N2O. The molecule has 0 fully saturated rings. The number of nitrogens with one attached hydrogen (secondary N) is 1. The minimum absolute atomic E-state index is 0.0882. The van der Waals surface area contributed by atoms with Crippen LogP contribution in [0.5, 0.6) is 0 Å². The average Bonchev–Trinajstić information content (AvgIpc) is 2.19. The molecule has 17 heavy (non-hydrogen) atoms. The van der Waals surface area contributed by atoms with Gasteiger partial charge in [0.15, 0.2) is 0 Å². The second-order valence-corrected chi connectivity index (χ2v) is 3.81. The fraction of sp³-hybridized carbons (Fsp3) is 0.364. The van der Waals surface area contributed by atoms with Gasteiger partial charge in [-0.2, -0.15) is 13.2 Å². The molecule has 94 valence electrons. The zero-order valence-corrected chi connectivity index (χ0v) is 9.43. The van der Waals surface area contributed by atoms with E-state index < -0.39 is 23.7 Å². The number of anilines is 1. The van der Waals surface area contributed by atoms with Crippen LogP contribution < -0.4 is 11.1 Å². The maximum Gasteiger partial charge on any atom is 0.416 e. The molecule has 3 N–H and O–H groups in total. The van der Waals surface area contributed by atoms with E-state index in [0.717, 1.165) is 6.07 Å². The lowest BCUT2D eigenvalue weighted by Gasteiger charge is -2.13. The molecule has 6 heteroatoms. The Morgan fingerprint density at radius 1 is 1.41 bits per heavy atom. The van der Waals surface area contributed by atoms with Gasteiger partial charge in [-0.1, -0.05) is 6.07 Å². The Kier molecular flexibility index (Phi) is 3.77. The lowest BCUT2D eigenvalue weighted by Crippen LogP contribution is -2.32. The van der Waals surface area contributed by atoms with Crippen molar-refractivity contribution < 1.29 is 18.0 Å². The highest BCUT2D eigenvalue weighted by molar-refractivity contribution is 5.94. The maximum absolute atomic E-state index is 12.6. The quantitative estimate of drug-likeness (QED) is 0.841. The highest BCUT2D eigenvalue weighted by Gasteiger charge is 2.32. The zero-order valence-electron chi connectivity index (χ0n) is 9.43. The van der Waals surface area contributed by atoms with Crippen molar-refractivity contribution in [2.24, 2.45) is 5.73 Å². The van der Waals surface area contributed by atoms with Gasteiger partial charge in [0.25, 0.3) is 0 Å². The van der Waals surface area contributed by atoms with E-state index >= 15 is 0 Å². The van der Waals surface area contributed by atoms with Crippen LogP contribution in [0.25, 0.3) is 0 Å². The van der Waals surface area contributed by atoms with Crippen molar-refractivity contribution in [3.63, 3.8) is 0 Å². The molecular weight excluding hydrogens is 233 g/mol. The summed E-state index contributed by atoms with van der Waals surface area (Å²) in [5.74, 6) is -0.526. The van der Waals surface area contributed by atoms with E-state index in [1.54, 1.807) is 0 Å². The van der Waals surface area contributed by atoms with Crippen LogP contribution in [-0.4, -0.2) is 11.9 Å². The first kappa shape index (κ1) is 13.5. The van der Waals surface area contributed by atoms with Crippen molar-refractivity contribution in [3.8, 4) is 0 Å². The van der Waals surface area contributed by atoms with E-state index in [-0.39, 0.29) is 11.3 Å². The van der Waals surface area contributed by atoms with Gasteiger partial charge in [0.05, 0.1) is 11.6 Å².